The van der Waals surface area contributed by atoms with Crippen LogP contribution >= 0.6 is 0 Å². The molecule has 0 saturated carbocycles. The first-order valence-electron chi connectivity index (χ1n) is 11.3. The van der Waals surface area contributed by atoms with Gasteiger partial charge in [-0.15, -0.1) is 0 Å². The minimum atomic E-state index is -1.75. The average Bonchev–Trinajstić information content (AvgIpc) is 3.33. The number of carbonyl (C=O) groups is 4. The molecular formula is C22H22FN5O7. The molecule has 1 aromatic carbocycles. The Morgan fingerprint density at radius 3 is 2.51 bits per heavy atom. The lowest BCUT2D eigenvalue weighted by Gasteiger charge is -2.55. The SMILES string of the molecule is C[C@@H]1CN2c3c(cc4c(N5C(=O)OC[C@@H]5C)noc4c3F)CC3(C(=O)NC(=O)NC3=O)[C@@H]2[C@@H](C)O1. The molecule has 0 unspecified atom stereocenters. The summed E-state index contributed by atoms with van der Waals surface area (Å²) in [6.07, 6.45) is -1.81. The second-order valence-electron chi connectivity index (χ2n) is 9.51. The Hall–Kier alpha value is -3.74. The molecule has 4 aliphatic heterocycles. The van der Waals surface area contributed by atoms with Crippen molar-refractivity contribution in [2.24, 2.45) is 5.41 Å². The maximum absolute atomic E-state index is 16.1. The summed E-state index contributed by atoms with van der Waals surface area (Å²) in [5.41, 5.74) is -1.39. The number of aromatic nitrogens is 1. The molecule has 4 aliphatic rings. The quantitative estimate of drug-likeness (QED) is 0.567. The number of hydrogen-bond donors (Lipinski definition) is 2. The molecule has 5 heterocycles. The van der Waals surface area contributed by atoms with Gasteiger partial charge in [-0.2, -0.15) is 0 Å². The summed E-state index contributed by atoms with van der Waals surface area (Å²) in [5, 5.41) is 8.55. The van der Waals surface area contributed by atoms with Gasteiger partial charge in [-0.05, 0) is 32.4 Å². The highest BCUT2D eigenvalue weighted by Crippen LogP contribution is 2.49. The number of rotatable bonds is 1. The van der Waals surface area contributed by atoms with Crippen molar-refractivity contribution in [2.75, 3.05) is 23.0 Å². The van der Waals surface area contributed by atoms with E-state index < -0.39 is 47.3 Å². The molecule has 13 heteroatoms. The standard InChI is InChI=1S/C22H22FN5O7/c1-8-7-33-21(32)28(8)17-12-4-11-5-22(18(29)24-20(31)25-19(22)30)16-10(3)34-9(2)6-27(16)14(11)13(23)15(12)35-26-17/h4,8-10,16H,5-7H2,1-3H3,(H2,24,25,29,30,31)/t8-,9+,10+,16-/m0/s1. The number of amides is 5. The van der Waals surface area contributed by atoms with E-state index in [0.29, 0.717) is 5.56 Å². The Morgan fingerprint density at radius 1 is 1.14 bits per heavy atom. The van der Waals surface area contributed by atoms with Crippen molar-refractivity contribution in [1.29, 1.82) is 0 Å². The van der Waals surface area contributed by atoms with E-state index in [2.05, 4.69) is 15.8 Å². The smallest absolute Gasteiger partial charge is 0.416 e. The predicted octanol–water partition coefficient (Wildman–Crippen LogP) is 1.20. The van der Waals surface area contributed by atoms with Crippen LogP contribution < -0.4 is 20.4 Å². The van der Waals surface area contributed by atoms with E-state index in [1.165, 1.54) is 4.90 Å². The van der Waals surface area contributed by atoms with Crippen molar-refractivity contribution < 1.29 is 37.6 Å². The highest BCUT2D eigenvalue weighted by atomic mass is 19.1. The molecule has 12 nitrogen and oxygen atoms in total. The fourth-order valence-corrected chi connectivity index (χ4v) is 5.92. The molecular weight excluding hydrogens is 465 g/mol. The lowest BCUT2D eigenvalue weighted by atomic mass is 9.66. The Bertz CT molecular complexity index is 1300. The maximum Gasteiger partial charge on any atom is 0.416 e. The maximum atomic E-state index is 16.1. The second-order valence-corrected chi connectivity index (χ2v) is 9.51. The van der Waals surface area contributed by atoms with E-state index >= 15 is 4.39 Å². The summed E-state index contributed by atoms with van der Waals surface area (Å²) >= 11 is 0. The summed E-state index contributed by atoms with van der Waals surface area (Å²) in [7, 11) is 0. The number of anilines is 2. The van der Waals surface area contributed by atoms with Crippen molar-refractivity contribution in [3.8, 4) is 0 Å². The zero-order chi connectivity index (χ0) is 24.8. The van der Waals surface area contributed by atoms with Crippen LogP contribution in [0.25, 0.3) is 11.0 Å². The van der Waals surface area contributed by atoms with Crippen LogP contribution in [0.15, 0.2) is 10.6 Å². The van der Waals surface area contributed by atoms with Gasteiger partial charge in [-0.25, -0.2) is 14.0 Å². The number of fused-ring (bicyclic) bond motifs is 5. The molecule has 0 bridgehead atoms. The van der Waals surface area contributed by atoms with E-state index in [-0.39, 0.29) is 54.2 Å². The van der Waals surface area contributed by atoms with Crippen LogP contribution in [-0.4, -0.2) is 66.5 Å². The van der Waals surface area contributed by atoms with Gasteiger partial charge in [0, 0.05) is 13.0 Å². The van der Waals surface area contributed by atoms with Gasteiger partial charge < -0.3 is 18.9 Å². The molecule has 6 rings (SSSR count). The molecule has 1 aromatic heterocycles. The Kier molecular flexibility index (Phi) is 4.44. The number of nitrogens with zero attached hydrogens (tertiary/aromatic N) is 3. The van der Waals surface area contributed by atoms with Crippen molar-refractivity contribution in [2.45, 2.75) is 51.5 Å². The van der Waals surface area contributed by atoms with Crippen LogP contribution in [0.4, 0.5) is 25.5 Å². The fourth-order valence-electron chi connectivity index (χ4n) is 5.92. The molecule has 2 N–H and O–H groups in total. The lowest BCUT2D eigenvalue weighted by Crippen LogP contribution is -2.75. The third kappa shape index (κ3) is 2.78. The van der Waals surface area contributed by atoms with Gasteiger partial charge in [0.15, 0.2) is 17.1 Å². The van der Waals surface area contributed by atoms with Gasteiger partial charge in [0.25, 0.3) is 0 Å². The molecule has 3 fully saturated rings. The van der Waals surface area contributed by atoms with Crippen molar-refractivity contribution in [3.63, 3.8) is 0 Å². The number of morpholine rings is 1. The number of ether oxygens (including phenoxy) is 2. The third-order valence-electron chi connectivity index (χ3n) is 7.26. The number of cyclic esters (lactones) is 1. The predicted molar refractivity (Wildman–Crippen MR) is 116 cm³/mol. The van der Waals surface area contributed by atoms with Gasteiger partial charge in [0.1, 0.15) is 6.61 Å². The molecule has 0 aliphatic carbocycles. The Labute approximate surface area is 197 Å². The van der Waals surface area contributed by atoms with Crippen LogP contribution in [0.3, 0.4) is 0 Å². The van der Waals surface area contributed by atoms with Crippen molar-refractivity contribution in [1.82, 2.24) is 15.8 Å². The van der Waals surface area contributed by atoms with E-state index in [9.17, 15) is 19.2 Å². The lowest BCUT2D eigenvalue weighted by molar-refractivity contribution is -0.153. The topological polar surface area (TPSA) is 143 Å². The highest BCUT2D eigenvalue weighted by molar-refractivity contribution is 6.20. The number of urea groups is 1. The van der Waals surface area contributed by atoms with Crippen LogP contribution in [0.1, 0.15) is 26.3 Å². The number of barbiturate groups is 1. The first kappa shape index (κ1) is 21.8. The van der Waals surface area contributed by atoms with Crippen LogP contribution in [0.2, 0.25) is 0 Å². The minimum Gasteiger partial charge on any atom is -0.447 e. The molecule has 35 heavy (non-hydrogen) atoms. The van der Waals surface area contributed by atoms with E-state index in [1.54, 1.807) is 24.8 Å². The molecule has 3 saturated heterocycles. The van der Waals surface area contributed by atoms with Gasteiger partial charge in [-0.3, -0.25) is 25.1 Å². The van der Waals surface area contributed by atoms with Crippen molar-refractivity contribution >= 4 is 46.4 Å². The Balaban J connectivity index is 1.58. The zero-order valence-electron chi connectivity index (χ0n) is 19.1. The molecule has 184 valence electrons. The number of halogens is 1. The molecule has 4 atom stereocenters. The summed E-state index contributed by atoms with van der Waals surface area (Å²) in [5.74, 6) is -2.19. The van der Waals surface area contributed by atoms with Crippen LogP contribution in [0.5, 0.6) is 0 Å². The molecule has 0 radical (unpaired) electrons. The molecule has 1 spiro atoms. The molecule has 2 aromatic rings. The highest BCUT2D eigenvalue weighted by Gasteiger charge is 2.63. The fraction of sp³-hybridized carbons (Fsp3) is 0.500. The molecule has 5 amide bonds. The van der Waals surface area contributed by atoms with E-state index in [1.807, 2.05) is 6.92 Å². The number of benzene rings is 1. The number of nitrogens with one attached hydrogen (secondary N) is 2. The van der Waals surface area contributed by atoms with Crippen LogP contribution in [0, 0.1) is 11.2 Å². The van der Waals surface area contributed by atoms with E-state index in [0.717, 1.165) is 0 Å². The summed E-state index contributed by atoms with van der Waals surface area (Å²) < 4.78 is 32.4. The monoisotopic (exact) mass is 487 g/mol. The first-order chi connectivity index (χ1) is 16.6. The second kappa shape index (κ2) is 7.13. The normalized spacial score (nSPS) is 29.7. The van der Waals surface area contributed by atoms with Crippen molar-refractivity contribution in [3.05, 3.63) is 17.4 Å². The van der Waals surface area contributed by atoms with Crippen LogP contribution in [-0.2, 0) is 25.5 Å². The van der Waals surface area contributed by atoms with E-state index in [4.69, 9.17) is 14.0 Å². The summed E-state index contributed by atoms with van der Waals surface area (Å²) in [6, 6.07) is -0.572. The summed E-state index contributed by atoms with van der Waals surface area (Å²) in [4.78, 5) is 53.6. The Morgan fingerprint density at radius 2 is 1.86 bits per heavy atom. The van der Waals surface area contributed by atoms with Gasteiger partial charge in [-0.1, -0.05) is 5.16 Å². The van der Waals surface area contributed by atoms with Gasteiger partial charge in [0.05, 0.1) is 35.4 Å². The first-order valence-corrected chi connectivity index (χ1v) is 11.3. The zero-order valence-corrected chi connectivity index (χ0v) is 19.1. The third-order valence-corrected chi connectivity index (χ3v) is 7.26. The summed E-state index contributed by atoms with van der Waals surface area (Å²) in [6.45, 7) is 5.60. The number of imide groups is 2. The largest absolute Gasteiger partial charge is 0.447 e. The van der Waals surface area contributed by atoms with Gasteiger partial charge in [0.2, 0.25) is 17.4 Å². The minimum absolute atomic E-state index is 0.0873. The number of carbonyl (C=O) groups excluding carboxylic acids is 4. The van der Waals surface area contributed by atoms with Gasteiger partial charge >= 0.3 is 12.1 Å². The average molecular weight is 487 g/mol. The number of hydrogen-bond acceptors (Lipinski definition) is 9.